The number of aromatic nitrogens is 2. The van der Waals surface area contributed by atoms with Crippen LogP contribution in [-0.4, -0.2) is 24.2 Å². The molecule has 3 aromatic rings. The molecule has 0 aliphatic heterocycles. The second-order valence-corrected chi connectivity index (χ2v) is 6.24. The normalized spacial score (nSPS) is 12.0. The maximum absolute atomic E-state index is 5.50. The number of nitrogens with one attached hydrogen (secondary N) is 2. The molecule has 1 atom stereocenters. The largest absolute Gasteiger partial charge is 0.493 e. The van der Waals surface area contributed by atoms with Crippen LogP contribution in [-0.2, 0) is 6.54 Å². The summed E-state index contributed by atoms with van der Waals surface area (Å²) in [6, 6.07) is 14.3. The third-order valence-electron chi connectivity index (χ3n) is 4.58. The van der Waals surface area contributed by atoms with Gasteiger partial charge in [-0.15, -0.1) is 0 Å². The van der Waals surface area contributed by atoms with Crippen molar-refractivity contribution in [2.75, 3.05) is 14.2 Å². The van der Waals surface area contributed by atoms with Crippen molar-refractivity contribution >= 4 is 0 Å². The second kappa shape index (κ2) is 8.06. The van der Waals surface area contributed by atoms with Gasteiger partial charge in [-0.25, -0.2) is 4.98 Å². The Bertz CT molecular complexity index is 859. The van der Waals surface area contributed by atoms with Gasteiger partial charge in [0.25, 0.3) is 0 Å². The Balaban J connectivity index is 1.70. The number of benzene rings is 2. The topological polar surface area (TPSA) is 59.2 Å². The lowest BCUT2D eigenvalue weighted by atomic mass is 10.0. The van der Waals surface area contributed by atoms with Crippen molar-refractivity contribution in [1.82, 2.24) is 15.3 Å². The molecule has 0 saturated heterocycles. The maximum atomic E-state index is 5.50. The summed E-state index contributed by atoms with van der Waals surface area (Å²) >= 11 is 0. The minimum absolute atomic E-state index is 0.165. The van der Waals surface area contributed by atoms with Gasteiger partial charge in [0.1, 0.15) is 5.82 Å². The minimum atomic E-state index is 0.165. The maximum Gasteiger partial charge on any atom is 0.163 e. The molecule has 0 aliphatic carbocycles. The average Bonchev–Trinajstić information content (AvgIpc) is 3.15. The number of nitrogens with zero attached hydrogens (tertiary/aromatic N) is 1. The summed E-state index contributed by atoms with van der Waals surface area (Å²) in [6.07, 6.45) is 1.88. The third kappa shape index (κ3) is 3.73. The van der Waals surface area contributed by atoms with E-state index in [1.165, 1.54) is 5.56 Å². The van der Waals surface area contributed by atoms with E-state index >= 15 is 0 Å². The van der Waals surface area contributed by atoms with Gasteiger partial charge >= 0.3 is 0 Å². The van der Waals surface area contributed by atoms with Crippen LogP contribution in [0.5, 0.6) is 11.5 Å². The van der Waals surface area contributed by atoms with Crippen LogP contribution >= 0.6 is 0 Å². The summed E-state index contributed by atoms with van der Waals surface area (Å²) in [6.45, 7) is 4.90. The van der Waals surface area contributed by atoms with Crippen molar-refractivity contribution in [2.45, 2.75) is 26.4 Å². The Hall–Kier alpha value is -2.79. The third-order valence-corrected chi connectivity index (χ3v) is 4.58. The zero-order valence-corrected chi connectivity index (χ0v) is 15.7. The number of H-pyrrole nitrogens is 1. The first-order valence-electron chi connectivity index (χ1n) is 8.68. The lowest BCUT2D eigenvalue weighted by Crippen LogP contribution is -2.19. The summed E-state index contributed by atoms with van der Waals surface area (Å²) in [5.41, 5.74) is 4.41. The molecule has 5 nitrogen and oxygen atoms in total. The van der Waals surface area contributed by atoms with Gasteiger partial charge in [0, 0.05) is 30.0 Å². The quantitative estimate of drug-likeness (QED) is 0.668. The fourth-order valence-electron chi connectivity index (χ4n) is 3.13. The summed E-state index contributed by atoms with van der Waals surface area (Å²) in [5.74, 6) is 2.42. The molecule has 0 radical (unpaired) electrons. The lowest BCUT2D eigenvalue weighted by Gasteiger charge is -2.19. The Labute approximate surface area is 154 Å². The highest BCUT2D eigenvalue weighted by Crippen LogP contribution is 2.35. The van der Waals surface area contributed by atoms with Gasteiger partial charge in [-0.05, 0) is 31.0 Å². The fraction of sp³-hybridized carbons (Fsp3) is 0.286. The molecule has 1 heterocycles. The van der Waals surface area contributed by atoms with Crippen LogP contribution in [0.3, 0.4) is 0 Å². The van der Waals surface area contributed by atoms with E-state index in [-0.39, 0.29) is 6.04 Å². The fourth-order valence-corrected chi connectivity index (χ4v) is 3.13. The van der Waals surface area contributed by atoms with E-state index in [1.807, 2.05) is 42.6 Å². The zero-order valence-electron chi connectivity index (χ0n) is 15.7. The van der Waals surface area contributed by atoms with E-state index in [4.69, 9.17) is 9.47 Å². The number of rotatable bonds is 7. The Kier molecular flexibility index (Phi) is 5.58. The van der Waals surface area contributed by atoms with Gasteiger partial charge in [-0.3, -0.25) is 0 Å². The van der Waals surface area contributed by atoms with E-state index in [0.717, 1.165) is 34.1 Å². The van der Waals surface area contributed by atoms with Crippen molar-refractivity contribution in [1.29, 1.82) is 0 Å². The monoisotopic (exact) mass is 351 g/mol. The molecule has 0 saturated carbocycles. The van der Waals surface area contributed by atoms with E-state index in [9.17, 15) is 0 Å². The van der Waals surface area contributed by atoms with Crippen LogP contribution in [0.1, 0.15) is 29.8 Å². The molecule has 1 aromatic heterocycles. The Morgan fingerprint density at radius 1 is 1.08 bits per heavy atom. The molecular formula is C21H25N3O2. The molecule has 1 unspecified atom stereocenters. The smallest absolute Gasteiger partial charge is 0.163 e. The Morgan fingerprint density at radius 2 is 1.85 bits per heavy atom. The summed E-state index contributed by atoms with van der Waals surface area (Å²) < 4.78 is 10.9. The first kappa shape index (κ1) is 18.0. The van der Waals surface area contributed by atoms with Crippen LogP contribution < -0.4 is 14.8 Å². The van der Waals surface area contributed by atoms with Crippen molar-refractivity contribution in [3.05, 3.63) is 65.5 Å². The van der Waals surface area contributed by atoms with Crippen LogP contribution in [0.15, 0.2) is 48.7 Å². The van der Waals surface area contributed by atoms with Gasteiger partial charge in [-0.1, -0.05) is 36.4 Å². The molecule has 3 rings (SSSR count). The molecule has 5 heteroatoms. The first-order chi connectivity index (χ1) is 12.6. The molecule has 0 bridgehead atoms. The first-order valence-corrected chi connectivity index (χ1v) is 8.68. The zero-order chi connectivity index (χ0) is 18.5. The number of methoxy groups -OCH3 is 2. The summed E-state index contributed by atoms with van der Waals surface area (Å²) in [4.78, 5) is 7.85. The van der Waals surface area contributed by atoms with Gasteiger partial charge in [-0.2, -0.15) is 0 Å². The van der Waals surface area contributed by atoms with Gasteiger partial charge in [0.05, 0.1) is 14.2 Å². The van der Waals surface area contributed by atoms with E-state index in [1.54, 1.807) is 14.2 Å². The second-order valence-electron chi connectivity index (χ2n) is 6.24. The van der Waals surface area contributed by atoms with Gasteiger partial charge in [0.15, 0.2) is 11.5 Å². The molecule has 2 N–H and O–H groups in total. The molecule has 0 aliphatic rings. The van der Waals surface area contributed by atoms with E-state index in [0.29, 0.717) is 6.54 Å². The number of imidazole rings is 1. The van der Waals surface area contributed by atoms with Crippen molar-refractivity contribution in [3.63, 3.8) is 0 Å². The number of hydrogen-bond donors (Lipinski definition) is 2. The number of hydrogen-bond acceptors (Lipinski definition) is 4. The minimum Gasteiger partial charge on any atom is -0.493 e. The van der Waals surface area contributed by atoms with Crippen LogP contribution in [0.4, 0.5) is 0 Å². The highest BCUT2D eigenvalue weighted by Gasteiger charge is 2.15. The molecule has 2 aromatic carbocycles. The Morgan fingerprint density at radius 3 is 2.54 bits per heavy atom. The number of aromatic amines is 1. The highest BCUT2D eigenvalue weighted by atomic mass is 16.5. The average molecular weight is 351 g/mol. The molecule has 0 amide bonds. The molecule has 26 heavy (non-hydrogen) atoms. The SMILES string of the molecule is COc1ccc(C(C)NCc2cnc(-c3ccccc3)[nH]2)c(C)c1OC. The highest BCUT2D eigenvalue weighted by molar-refractivity contribution is 5.54. The summed E-state index contributed by atoms with van der Waals surface area (Å²) in [5, 5.41) is 3.54. The van der Waals surface area contributed by atoms with Crippen LogP contribution in [0.25, 0.3) is 11.4 Å². The van der Waals surface area contributed by atoms with E-state index < -0.39 is 0 Å². The standard InChI is InChI=1S/C21H25N3O2/c1-14-18(10-11-19(25-3)20(14)26-4)15(2)22-12-17-13-23-21(24-17)16-8-6-5-7-9-16/h5-11,13,15,22H,12H2,1-4H3,(H,23,24). The predicted octanol–water partition coefficient (Wildman–Crippen LogP) is 4.25. The molecular weight excluding hydrogens is 326 g/mol. The predicted molar refractivity (Wildman–Crippen MR) is 104 cm³/mol. The van der Waals surface area contributed by atoms with Gasteiger partial charge in [0.2, 0.25) is 0 Å². The van der Waals surface area contributed by atoms with E-state index in [2.05, 4.69) is 35.2 Å². The van der Waals surface area contributed by atoms with Crippen molar-refractivity contribution in [3.8, 4) is 22.9 Å². The molecule has 0 fully saturated rings. The lowest BCUT2D eigenvalue weighted by molar-refractivity contribution is 0.351. The number of ether oxygens (including phenoxy) is 2. The van der Waals surface area contributed by atoms with Gasteiger partial charge < -0.3 is 19.8 Å². The summed E-state index contributed by atoms with van der Waals surface area (Å²) in [7, 11) is 3.32. The van der Waals surface area contributed by atoms with Crippen LogP contribution in [0.2, 0.25) is 0 Å². The molecule has 136 valence electrons. The van der Waals surface area contributed by atoms with Crippen LogP contribution in [0, 0.1) is 6.92 Å². The van der Waals surface area contributed by atoms with Crippen molar-refractivity contribution < 1.29 is 9.47 Å². The van der Waals surface area contributed by atoms with Crippen molar-refractivity contribution in [2.24, 2.45) is 0 Å². The molecule has 0 spiro atoms.